The molecule has 0 radical (unpaired) electrons. The Bertz CT molecular complexity index is 332. The molecule has 0 aliphatic heterocycles. The molecule has 22 heavy (non-hydrogen) atoms. The van der Waals surface area contributed by atoms with Crippen molar-refractivity contribution < 1.29 is 0 Å². The van der Waals surface area contributed by atoms with Crippen LogP contribution in [0.3, 0.4) is 0 Å². The molecule has 4 heteroatoms. The Balaban J connectivity index is 3.07. The second-order valence-corrected chi connectivity index (χ2v) is 18.5. The Hall–Kier alpha value is 0.354. The molecule has 1 aliphatic carbocycles. The molecule has 0 aromatic carbocycles. The van der Waals surface area contributed by atoms with E-state index in [0.717, 1.165) is 28.8 Å². The Kier molecular flexibility index (Phi) is 6.56. The molecule has 0 aromatic rings. The molecule has 0 bridgehead atoms. The van der Waals surface area contributed by atoms with E-state index in [1.165, 1.54) is 0 Å². The predicted molar refractivity (Wildman–Crippen MR) is 106 cm³/mol. The molecule has 1 saturated carbocycles. The van der Waals surface area contributed by atoms with Crippen LogP contribution in [0.25, 0.3) is 0 Å². The third-order valence-corrected chi connectivity index (χ3v) is 14.2. The van der Waals surface area contributed by atoms with Gasteiger partial charge >= 0.3 is 0 Å². The first kappa shape index (κ1) is 20.4. The third-order valence-electron chi connectivity index (χ3n) is 6.08. The minimum atomic E-state index is -1.42. The van der Waals surface area contributed by atoms with Gasteiger partial charge < -0.3 is 9.96 Å². The third kappa shape index (κ3) is 4.25. The van der Waals surface area contributed by atoms with Crippen molar-refractivity contribution in [3.63, 3.8) is 0 Å². The summed E-state index contributed by atoms with van der Waals surface area (Å²) < 4.78 is 0. The molecular formula is C18H42N2Si2. The van der Waals surface area contributed by atoms with E-state index in [1.54, 1.807) is 0 Å². The molecule has 0 spiro atoms. The van der Waals surface area contributed by atoms with Crippen LogP contribution < -0.4 is 9.96 Å². The van der Waals surface area contributed by atoms with Crippen molar-refractivity contribution in [1.82, 2.24) is 9.96 Å². The second kappa shape index (κ2) is 7.08. The summed E-state index contributed by atoms with van der Waals surface area (Å²) in [4.78, 5) is 7.98. The van der Waals surface area contributed by atoms with Gasteiger partial charge in [-0.2, -0.15) is 0 Å². The van der Waals surface area contributed by atoms with Gasteiger partial charge in [0.15, 0.2) is 0 Å². The lowest BCUT2D eigenvalue weighted by Crippen LogP contribution is -2.56. The smallest absolute Gasteiger partial charge is 0.123 e. The zero-order valence-corrected chi connectivity index (χ0v) is 19.0. The molecular weight excluding hydrogens is 300 g/mol. The van der Waals surface area contributed by atoms with Crippen LogP contribution >= 0.6 is 0 Å². The Morgan fingerprint density at radius 1 is 0.591 bits per heavy atom. The van der Waals surface area contributed by atoms with E-state index >= 15 is 0 Å². The summed E-state index contributed by atoms with van der Waals surface area (Å²) in [6.07, 6.45) is 0. The fourth-order valence-electron chi connectivity index (χ4n) is 6.14. The molecule has 0 heterocycles. The maximum atomic E-state index is 3.99. The van der Waals surface area contributed by atoms with Crippen LogP contribution in [0.2, 0.25) is 37.3 Å². The first-order chi connectivity index (χ1) is 9.81. The average Bonchev–Trinajstić information content (AvgIpc) is 2.46. The van der Waals surface area contributed by atoms with Gasteiger partial charge in [-0.3, -0.25) is 0 Å². The van der Waals surface area contributed by atoms with E-state index in [1.807, 2.05) is 0 Å². The molecule has 0 saturated heterocycles. The minimum absolute atomic E-state index is 0.606. The largest absolute Gasteiger partial charge is 0.335 e. The quantitative estimate of drug-likeness (QED) is 0.660. The van der Waals surface area contributed by atoms with E-state index in [-0.39, 0.29) is 0 Å². The van der Waals surface area contributed by atoms with Crippen LogP contribution in [0.1, 0.15) is 48.5 Å². The number of rotatable bonds is 6. The predicted octanol–water partition coefficient (Wildman–Crippen LogP) is 5.05. The monoisotopic (exact) mass is 342 g/mol. The topological polar surface area (TPSA) is 24.1 Å². The van der Waals surface area contributed by atoms with E-state index in [9.17, 15) is 0 Å². The summed E-state index contributed by atoms with van der Waals surface area (Å²) >= 11 is 0. The van der Waals surface area contributed by atoms with Gasteiger partial charge in [0.2, 0.25) is 0 Å². The lowest BCUT2D eigenvalue weighted by molar-refractivity contribution is 0.440. The Morgan fingerprint density at radius 2 is 0.864 bits per heavy atom. The van der Waals surface area contributed by atoms with Gasteiger partial charge in [-0.25, -0.2) is 0 Å². The van der Waals surface area contributed by atoms with Crippen LogP contribution in [-0.4, -0.2) is 28.6 Å². The van der Waals surface area contributed by atoms with Gasteiger partial charge in [0.1, 0.15) is 16.5 Å². The lowest BCUT2D eigenvalue weighted by atomic mass is 10.0. The van der Waals surface area contributed by atoms with Crippen LogP contribution in [-0.2, 0) is 0 Å². The van der Waals surface area contributed by atoms with Crippen molar-refractivity contribution in [2.45, 2.75) is 97.8 Å². The molecule has 4 unspecified atom stereocenters. The maximum absolute atomic E-state index is 3.99. The number of hydrogen-bond donors (Lipinski definition) is 2. The van der Waals surface area contributed by atoms with E-state index < -0.39 is 16.5 Å². The fourth-order valence-corrected chi connectivity index (χ4v) is 16.0. The summed E-state index contributed by atoms with van der Waals surface area (Å²) in [6, 6.07) is 1.21. The Labute approximate surface area is 142 Å². The van der Waals surface area contributed by atoms with Crippen molar-refractivity contribution >= 4 is 16.5 Å². The van der Waals surface area contributed by atoms with E-state index in [2.05, 4.69) is 84.6 Å². The van der Waals surface area contributed by atoms with Crippen molar-refractivity contribution in [2.24, 2.45) is 17.8 Å². The van der Waals surface area contributed by atoms with Crippen LogP contribution in [0, 0.1) is 17.8 Å². The molecule has 1 fully saturated rings. The van der Waals surface area contributed by atoms with Crippen LogP contribution in [0.4, 0.5) is 0 Å². The van der Waals surface area contributed by atoms with Crippen molar-refractivity contribution in [3.8, 4) is 0 Å². The van der Waals surface area contributed by atoms with Crippen molar-refractivity contribution in [1.29, 1.82) is 0 Å². The minimum Gasteiger partial charge on any atom is -0.335 e. The van der Waals surface area contributed by atoms with Crippen molar-refractivity contribution in [3.05, 3.63) is 0 Å². The zero-order chi connectivity index (χ0) is 17.5. The van der Waals surface area contributed by atoms with Gasteiger partial charge in [0.05, 0.1) is 0 Å². The molecule has 2 nitrogen and oxygen atoms in total. The second-order valence-electron chi connectivity index (χ2n) is 9.67. The molecule has 0 aromatic heterocycles. The highest BCUT2D eigenvalue weighted by atomic mass is 28.3. The van der Waals surface area contributed by atoms with Crippen molar-refractivity contribution in [2.75, 3.05) is 0 Å². The fraction of sp³-hybridized carbons (Fsp3) is 1.00. The lowest BCUT2D eigenvalue weighted by Gasteiger charge is -2.41. The van der Waals surface area contributed by atoms with E-state index in [0.29, 0.717) is 12.1 Å². The molecule has 0 amide bonds. The first-order valence-electron chi connectivity index (χ1n) is 9.36. The van der Waals surface area contributed by atoms with Gasteiger partial charge in [0.25, 0.3) is 0 Å². The van der Waals surface area contributed by atoms with Crippen LogP contribution in [0.5, 0.6) is 0 Å². The van der Waals surface area contributed by atoms with E-state index in [4.69, 9.17) is 0 Å². The first-order valence-corrected chi connectivity index (χ1v) is 15.5. The average molecular weight is 343 g/mol. The summed E-state index contributed by atoms with van der Waals surface area (Å²) in [7, 11) is -2.83. The standard InChI is InChI=1S/C18H42N2Si2/c1-12(2)19-21(8,9)17-14(5)15(6)18(16(17)7)22(10,11)20-13(3)4/h12-20H,1-11H3. The van der Waals surface area contributed by atoms with Gasteiger partial charge in [0, 0.05) is 0 Å². The normalized spacial score (nSPS) is 34.0. The summed E-state index contributed by atoms with van der Waals surface area (Å²) in [5, 5.41) is 0. The summed E-state index contributed by atoms with van der Waals surface area (Å²) in [5.74, 6) is 2.52. The highest BCUT2D eigenvalue weighted by Gasteiger charge is 2.55. The summed E-state index contributed by atoms with van der Waals surface area (Å²) in [6.45, 7) is 27.1. The molecule has 2 N–H and O–H groups in total. The highest BCUT2D eigenvalue weighted by Crippen LogP contribution is 2.58. The molecule has 4 atom stereocenters. The molecule has 1 rings (SSSR count). The SMILES string of the molecule is CC(C)N[Si](C)(C)C1C(C)C(C)C([Si](C)(C)NC(C)C)C1C. The Morgan fingerprint density at radius 3 is 1.09 bits per heavy atom. The highest BCUT2D eigenvalue weighted by molar-refractivity contribution is 6.79. The van der Waals surface area contributed by atoms with Gasteiger partial charge in [-0.1, -0.05) is 74.7 Å². The number of hydrogen-bond acceptors (Lipinski definition) is 2. The molecule has 132 valence electrons. The van der Waals surface area contributed by atoms with Gasteiger partial charge in [-0.05, 0) is 40.9 Å². The maximum Gasteiger partial charge on any atom is 0.123 e. The molecule has 1 aliphatic rings. The number of nitrogens with one attached hydrogen (secondary N) is 2. The van der Waals surface area contributed by atoms with Gasteiger partial charge in [-0.15, -0.1) is 0 Å². The zero-order valence-electron chi connectivity index (χ0n) is 17.0. The summed E-state index contributed by atoms with van der Waals surface area (Å²) in [5.41, 5.74) is 1.77. The van der Waals surface area contributed by atoms with Crippen LogP contribution in [0.15, 0.2) is 0 Å².